The van der Waals surface area contributed by atoms with Gasteiger partial charge in [0.15, 0.2) is 0 Å². The van der Waals surface area contributed by atoms with Crippen LogP contribution in [0.5, 0.6) is 0 Å². The summed E-state index contributed by atoms with van der Waals surface area (Å²) < 4.78 is 32.5. The molecule has 0 bridgehead atoms. The Morgan fingerprint density at radius 1 is 1.48 bits per heavy atom. The van der Waals surface area contributed by atoms with Gasteiger partial charge in [0.2, 0.25) is 5.91 Å². The molecule has 0 aromatic carbocycles. The molecule has 2 rings (SSSR count). The first-order valence-corrected chi connectivity index (χ1v) is 7.32. The molecule has 8 heteroatoms. The lowest BCUT2D eigenvalue weighted by molar-refractivity contribution is -0.125. The summed E-state index contributed by atoms with van der Waals surface area (Å²) in [5, 5.41) is 12.7. The smallest absolute Gasteiger partial charge is 0.345 e. The summed E-state index contributed by atoms with van der Waals surface area (Å²) in [6, 6.07) is 0.131. The molecule has 0 spiro atoms. The maximum atomic E-state index is 13.8. The molecule has 1 saturated heterocycles. The number of aromatic carboxylic acids is 1. The van der Waals surface area contributed by atoms with Gasteiger partial charge >= 0.3 is 5.97 Å². The Bertz CT molecular complexity index is 532. The average molecular weight is 319 g/mol. The molecule has 2 N–H and O–H groups in total. The number of ether oxygens (including phenoxy) is 1. The van der Waals surface area contributed by atoms with E-state index in [-0.39, 0.29) is 30.9 Å². The van der Waals surface area contributed by atoms with Crippen LogP contribution in [0.25, 0.3) is 0 Å². The van der Waals surface area contributed by atoms with Gasteiger partial charge in [-0.1, -0.05) is 0 Å². The number of thiophene rings is 1. The van der Waals surface area contributed by atoms with Crippen molar-refractivity contribution in [3.63, 3.8) is 0 Å². The van der Waals surface area contributed by atoms with Crippen LogP contribution in [-0.2, 0) is 16.0 Å². The summed E-state index contributed by atoms with van der Waals surface area (Å²) in [5.74, 6) is -4.61. The van der Waals surface area contributed by atoms with Gasteiger partial charge in [0, 0.05) is 13.0 Å². The number of hydrogen-bond acceptors (Lipinski definition) is 4. The highest BCUT2D eigenvalue weighted by Crippen LogP contribution is 2.27. The first-order valence-electron chi connectivity index (χ1n) is 6.44. The first kappa shape index (κ1) is 15.8. The van der Waals surface area contributed by atoms with Crippen LogP contribution in [0, 0.1) is 0 Å². The number of nitrogens with one attached hydrogen (secondary N) is 1. The highest BCUT2D eigenvalue weighted by atomic mass is 32.1. The van der Waals surface area contributed by atoms with Gasteiger partial charge in [-0.2, -0.15) is 0 Å². The van der Waals surface area contributed by atoms with E-state index >= 15 is 0 Å². The predicted molar refractivity (Wildman–Crippen MR) is 71.9 cm³/mol. The molecule has 1 aliphatic heterocycles. The van der Waals surface area contributed by atoms with Gasteiger partial charge < -0.3 is 15.2 Å². The molecular formula is C13H15F2NO4S. The molecule has 1 amide bonds. The van der Waals surface area contributed by atoms with Crippen molar-refractivity contribution < 1.29 is 28.2 Å². The van der Waals surface area contributed by atoms with Crippen molar-refractivity contribution in [3.8, 4) is 0 Å². The van der Waals surface area contributed by atoms with Gasteiger partial charge in [0.05, 0.1) is 19.1 Å². The minimum absolute atomic E-state index is 0.0220. The Morgan fingerprint density at radius 2 is 2.24 bits per heavy atom. The summed E-state index contributed by atoms with van der Waals surface area (Å²) >= 11 is 1.00. The minimum Gasteiger partial charge on any atom is -0.477 e. The second kappa shape index (κ2) is 6.48. The topological polar surface area (TPSA) is 75.6 Å². The number of carbonyl (C=O) groups is 2. The zero-order valence-electron chi connectivity index (χ0n) is 11.1. The average Bonchev–Trinajstić information content (AvgIpc) is 2.78. The fourth-order valence-electron chi connectivity index (χ4n) is 2.09. The van der Waals surface area contributed by atoms with Crippen LogP contribution < -0.4 is 5.32 Å². The zero-order valence-corrected chi connectivity index (χ0v) is 11.9. The molecule has 1 aromatic rings. The molecule has 1 atom stereocenters. The quantitative estimate of drug-likeness (QED) is 0.889. The summed E-state index contributed by atoms with van der Waals surface area (Å²) in [7, 11) is 0. The number of amides is 1. The van der Waals surface area contributed by atoms with Crippen LogP contribution in [0.4, 0.5) is 8.78 Å². The molecule has 1 aromatic heterocycles. The largest absolute Gasteiger partial charge is 0.477 e. The van der Waals surface area contributed by atoms with Gasteiger partial charge in [0.25, 0.3) is 5.92 Å². The van der Waals surface area contributed by atoms with Crippen LogP contribution >= 0.6 is 11.3 Å². The van der Waals surface area contributed by atoms with E-state index in [1.54, 1.807) is 0 Å². The van der Waals surface area contributed by atoms with E-state index in [4.69, 9.17) is 9.84 Å². The van der Waals surface area contributed by atoms with Gasteiger partial charge in [-0.05, 0) is 23.4 Å². The minimum atomic E-state index is -2.99. The monoisotopic (exact) mass is 319 g/mol. The van der Waals surface area contributed by atoms with E-state index in [2.05, 4.69) is 5.32 Å². The number of rotatable bonds is 4. The Hall–Kier alpha value is -1.54. The zero-order chi connectivity index (χ0) is 15.5. The van der Waals surface area contributed by atoms with E-state index in [1.807, 2.05) is 0 Å². The predicted octanol–water partition coefficient (Wildman–Crippen LogP) is 1.92. The number of halogens is 2. The van der Waals surface area contributed by atoms with Gasteiger partial charge in [0.1, 0.15) is 4.88 Å². The fourth-order valence-corrected chi connectivity index (χ4v) is 2.84. The molecule has 0 radical (unpaired) electrons. The van der Waals surface area contributed by atoms with Gasteiger partial charge in [-0.3, -0.25) is 4.79 Å². The molecule has 0 saturated carbocycles. The molecule has 2 heterocycles. The lowest BCUT2D eigenvalue weighted by Crippen LogP contribution is -2.48. The molecule has 1 aliphatic rings. The Balaban J connectivity index is 1.95. The number of alkyl halides is 2. The van der Waals surface area contributed by atoms with Crippen molar-refractivity contribution in [2.45, 2.75) is 31.2 Å². The Morgan fingerprint density at radius 3 is 2.90 bits per heavy atom. The Kier molecular flexibility index (Phi) is 4.89. The lowest BCUT2D eigenvalue weighted by atomic mass is 10.0. The van der Waals surface area contributed by atoms with Crippen molar-refractivity contribution in [2.75, 3.05) is 13.2 Å². The molecule has 21 heavy (non-hydrogen) atoms. The second-order valence-corrected chi connectivity index (χ2v) is 5.74. The van der Waals surface area contributed by atoms with Crippen LogP contribution in [0.3, 0.4) is 0 Å². The van der Waals surface area contributed by atoms with Crippen molar-refractivity contribution in [1.29, 1.82) is 0 Å². The molecule has 116 valence electrons. The highest BCUT2D eigenvalue weighted by Gasteiger charge is 2.41. The van der Waals surface area contributed by atoms with E-state index in [0.717, 1.165) is 11.3 Å². The molecule has 1 fully saturated rings. The third kappa shape index (κ3) is 4.21. The SMILES string of the molecule is O=C(Cc1csc(C(=O)O)c1)NC1CCOCCC1(F)F. The third-order valence-corrected chi connectivity index (χ3v) is 4.17. The number of carbonyl (C=O) groups excluding carboxylic acids is 1. The van der Waals surface area contributed by atoms with E-state index in [1.165, 1.54) is 11.4 Å². The maximum absolute atomic E-state index is 13.8. The lowest BCUT2D eigenvalue weighted by Gasteiger charge is -2.24. The van der Waals surface area contributed by atoms with Gasteiger partial charge in [-0.25, -0.2) is 13.6 Å². The molecule has 0 aliphatic carbocycles. The molecule has 1 unspecified atom stereocenters. The summed E-state index contributed by atoms with van der Waals surface area (Å²) in [6.45, 7) is 0.161. The van der Waals surface area contributed by atoms with Crippen LogP contribution in [0.2, 0.25) is 0 Å². The van der Waals surface area contributed by atoms with Crippen molar-refractivity contribution in [2.24, 2.45) is 0 Å². The molecule has 5 nitrogen and oxygen atoms in total. The van der Waals surface area contributed by atoms with Crippen molar-refractivity contribution in [3.05, 3.63) is 21.9 Å². The van der Waals surface area contributed by atoms with Crippen LogP contribution in [0.15, 0.2) is 11.4 Å². The van der Waals surface area contributed by atoms with E-state index in [0.29, 0.717) is 5.56 Å². The van der Waals surface area contributed by atoms with Gasteiger partial charge in [-0.15, -0.1) is 11.3 Å². The third-order valence-electron chi connectivity index (χ3n) is 3.20. The highest BCUT2D eigenvalue weighted by molar-refractivity contribution is 7.12. The fraction of sp³-hybridized carbons (Fsp3) is 0.538. The maximum Gasteiger partial charge on any atom is 0.345 e. The first-order chi connectivity index (χ1) is 9.88. The second-order valence-electron chi connectivity index (χ2n) is 4.83. The Labute approximate surface area is 123 Å². The van der Waals surface area contributed by atoms with E-state index in [9.17, 15) is 18.4 Å². The van der Waals surface area contributed by atoms with Crippen LogP contribution in [-0.4, -0.2) is 42.2 Å². The van der Waals surface area contributed by atoms with Crippen molar-refractivity contribution >= 4 is 23.2 Å². The summed E-state index contributed by atoms with van der Waals surface area (Å²) in [5.41, 5.74) is 0.503. The summed E-state index contributed by atoms with van der Waals surface area (Å²) in [4.78, 5) is 22.7. The normalized spacial score (nSPS) is 21.5. The molecular weight excluding hydrogens is 304 g/mol. The number of carboxylic acids is 1. The summed E-state index contributed by atoms with van der Waals surface area (Å²) in [6.07, 6.45) is -0.473. The van der Waals surface area contributed by atoms with Crippen molar-refractivity contribution in [1.82, 2.24) is 5.32 Å². The standard InChI is InChI=1S/C13H15F2NO4S/c14-13(15)2-4-20-3-1-10(13)16-11(17)6-8-5-9(12(18)19)21-7-8/h5,7,10H,1-4,6H2,(H,16,17)(H,18,19). The van der Waals surface area contributed by atoms with E-state index < -0.39 is 30.3 Å². The number of hydrogen-bond donors (Lipinski definition) is 2. The van der Waals surface area contributed by atoms with Crippen LogP contribution in [0.1, 0.15) is 28.1 Å². The number of carboxylic acid groups (broad SMARTS) is 1.